The highest BCUT2D eigenvalue weighted by Crippen LogP contribution is 2.27. The highest BCUT2D eigenvalue weighted by Gasteiger charge is 2.22. The second-order valence-electron chi connectivity index (χ2n) is 7.44. The minimum absolute atomic E-state index is 0.103. The van der Waals surface area contributed by atoms with Gasteiger partial charge in [0.25, 0.3) is 0 Å². The number of hydrogen-bond donors (Lipinski definition) is 1. The zero-order valence-electron chi connectivity index (χ0n) is 17.0. The van der Waals surface area contributed by atoms with E-state index in [1.54, 1.807) is 24.3 Å². The van der Waals surface area contributed by atoms with E-state index in [2.05, 4.69) is 15.5 Å². The molecule has 2 aromatic rings. The molecule has 9 heteroatoms. The molecule has 1 heterocycles. The third kappa shape index (κ3) is 5.59. The van der Waals surface area contributed by atoms with Crippen LogP contribution in [0.15, 0.2) is 29.2 Å². The number of hydrogen-bond acceptors (Lipinski definition) is 6. The second kappa shape index (κ2) is 9.11. The van der Waals surface area contributed by atoms with E-state index in [9.17, 15) is 13.2 Å². The van der Waals surface area contributed by atoms with Crippen molar-refractivity contribution < 1.29 is 13.2 Å². The number of carbonyl (C=O) groups excluding carboxylic acids is 1. The lowest BCUT2D eigenvalue weighted by Crippen LogP contribution is -2.30. The van der Waals surface area contributed by atoms with E-state index in [0.717, 1.165) is 10.6 Å². The van der Waals surface area contributed by atoms with Gasteiger partial charge in [0.05, 0.1) is 4.90 Å². The van der Waals surface area contributed by atoms with E-state index in [4.69, 9.17) is 0 Å². The van der Waals surface area contributed by atoms with Gasteiger partial charge >= 0.3 is 0 Å². The van der Waals surface area contributed by atoms with Gasteiger partial charge in [0, 0.05) is 24.9 Å². The maximum absolute atomic E-state index is 12.5. The summed E-state index contributed by atoms with van der Waals surface area (Å²) in [6.45, 7) is 10.6. The SMILES string of the molecule is CCN(CC)S(=O)(=O)c1ccc(CCC(=O)Nc2nnc(C(C)(C)C)s2)cc1. The van der Waals surface area contributed by atoms with Crippen LogP contribution in [0.25, 0.3) is 0 Å². The molecule has 0 unspecified atom stereocenters. The number of anilines is 1. The molecule has 0 fully saturated rings. The number of nitrogens with one attached hydrogen (secondary N) is 1. The molecule has 1 N–H and O–H groups in total. The van der Waals surface area contributed by atoms with E-state index in [1.165, 1.54) is 15.6 Å². The summed E-state index contributed by atoms with van der Waals surface area (Å²) in [6, 6.07) is 6.71. The number of amides is 1. The lowest BCUT2D eigenvalue weighted by Gasteiger charge is -2.18. The Kier molecular flexibility index (Phi) is 7.30. The monoisotopic (exact) mass is 424 g/mol. The smallest absolute Gasteiger partial charge is 0.243 e. The van der Waals surface area contributed by atoms with E-state index in [1.807, 2.05) is 34.6 Å². The van der Waals surface area contributed by atoms with Gasteiger partial charge in [-0.3, -0.25) is 4.79 Å². The van der Waals surface area contributed by atoms with E-state index in [0.29, 0.717) is 24.6 Å². The molecule has 0 bridgehead atoms. The number of rotatable bonds is 8. The molecule has 0 saturated carbocycles. The maximum atomic E-state index is 12.5. The van der Waals surface area contributed by atoms with E-state index in [-0.39, 0.29) is 22.6 Å². The van der Waals surface area contributed by atoms with Gasteiger partial charge in [-0.1, -0.05) is 58.1 Å². The topological polar surface area (TPSA) is 92.3 Å². The van der Waals surface area contributed by atoms with Gasteiger partial charge in [-0.25, -0.2) is 8.42 Å². The molecule has 28 heavy (non-hydrogen) atoms. The Hall–Kier alpha value is -1.84. The van der Waals surface area contributed by atoms with Crippen molar-refractivity contribution in [3.63, 3.8) is 0 Å². The third-order valence-corrected chi connectivity index (χ3v) is 7.55. The number of sulfonamides is 1. The van der Waals surface area contributed by atoms with Crippen LogP contribution >= 0.6 is 11.3 Å². The Morgan fingerprint density at radius 3 is 2.21 bits per heavy atom. The fourth-order valence-electron chi connectivity index (χ4n) is 2.56. The van der Waals surface area contributed by atoms with Gasteiger partial charge in [0.2, 0.25) is 21.1 Å². The second-order valence-corrected chi connectivity index (χ2v) is 10.4. The van der Waals surface area contributed by atoms with Crippen LogP contribution in [-0.4, -0.2) is 41.9 Å². The number of carbonyl (C=O) groups is 1. The summed E-state index contributed by atoms with van der Waals surface area (Å²) in [4.78, 5) is 12.4. The van der Waals surface area contributed by atoms with Crippen LogP contribution in [0, 0.1) is 0 Å². The van der Waals surface area contributed by atoms with Crippen LogP contribution in [0.5, 0.6) is 0 Å². The molecular formula is C19H28N4O3S2. The van der Waals surface area contributed by atoms with Crippen molar-refractivity contribution >= 4 is 32.4 Å². The van der Waals surface area contributed by atoms with Crippen LogP contribution in [0.1, 0.15) is 51.6 Å². The van der Waals surface area contributed by atoms with Crippen molar-refractivity contribution in [1.29, 1.82) is 0 Å². The Morgan fingerprint density at radius 2 is 1.71 bits per heavy atom. The van der Waals surface area contributed by atoms with Crippen molar-refractivity contribution in [1.82, 2.24) is 14.5 Å². The summed E-state index contributed by atoms with van der Waals surface area (Å²) in [6.07, 6.45) is 0.801. The number of nitrogens with zero attached hydrogens (tertiary/aromatic N) is 3. The Morgan fingerprint density at radius 1 is 1.11 bits per heavy atom. The molecule has 0 saturated heterocycles. The normalized spacial score (nSPS) is 12.4. The summed E-state index contributed by atoms with van der Waals surface area (Å²) >= 11 is 1.38. The molecule has 0 aliphatic carbocycles. The summed E-state index contributed by atoms with van der Waals surface area (Å²) in [5.41, 5.74) is 0.801. The Bertz CT molecular complexity index is 896. The molecule has 2 rings (SSSR count). The van der Waals surface area contributed by atoms with Gasteiger partial charge in [0.1, 0.15) is 5.01 Å². The van der Waals surface area contributed by atoms with Gasteiger partial charge in [-0.15, -0.1) is 10.2 Å². The fourth-order valence-corrected chi connectivity index (χ4v) is 4.83. The number of benzene rings is 1. The lowest BCUT2D eigenvalue weighted by atomic mass is 9.98. The van der Waals surface area contributed by atoms with Crippen LogP contribution in [0.2, 0.25) is 0 Å². The van der Waals surface area contributed by atoms with Gasteiger partial charge < -0.3 is 5.32 Å². The molecule has 1 aromatic carbocycles. The molecular weight excluding hydrogens is 396 g/mol. The Balaban J connectivity index is 1.94. The minimum Gasteiger partial charge on any atom is -0.301 e. The number of aromatic nitrogens is 2. The molecule has 0 aliphatic rings. The molecule has 0 radical (unpaired) electrons. The van der Waals surface area contributed by atoms with Crippen molar-refractivity contribution in [3.05, 3.63) is 34.8 Å². The zero-order chi connectivity index (χ0) is 20.9. The lowest BCUT2D eigenvalue weighted by molar-refractivity contribution is -0.116. The average molecular weight is 425 g/mol. The van der Waals surface area contributed by atoms with Crippen LogP contribution < -0.4 is 5.32 Å². The molecule has 0 spiro atoms. The highest BCUT2D eigenvalue weighted by atomic mass is 32.2. The van der Waals surface area contributed by atoms with Crippen LogP contribution in [0.3, 0.4) is 0 Å². The van der Waals surface area contributed by atoms with Crippen molar-refractivity contribution in [2.75, 3.05) is 18.4 Å². The highest BCUT2D eigenvalue weighted by molar-refractivity contribution is 7.89. The molecule has 7 nitrogen and oxygen atoms in total. The number of aryl methyl sites for hydroxylation is 1. The first-order valence-electron chi connectivity index (χ1n) is 9.30. The first kappa shape index (κ1) is 22.4. The van der Waals surface area contributed by atoms with E-state index >= 15 is 0 Å². The predicted molar refractivity (Wildman–Crippen MR) is 112 cm³/mol. The largest absolute Gasteiger partial charge is 0.301 e. The van der Waals surface area contributed by atoms with Crippen LogP contribution in [-0.2, 0) is 26.7 Å². The molecule has 1 aromatic heterocycles. The molecule has 1 amide bonds. The zero-order valence-corrected chi connectivity index (χ0v) is 18.7. The standard InChI is InChI=1S/C19H28N4O3S2/c1-6-23(7-2)28(25,26)15-11-8-14(9-12-15)10-13-16(24)20-18-22-21-17(27-18)19(3,4)5/h8-9,11-12H,6-7,10,13H2,1-5H3,(H,20,22,24). The van der Waals surface area contributed by atoms with Gasteiger partial charge in [0.15, 0.2) is 0 Å². The molecule has 0 aliphatic heterocycles. The van der Waals surface area contributed by atoms with Gasteiger partial charge in [-0.05, 0) is 24.1 Å². The van der Waals surface area contributed by atoms with Gasteiger partial charge in [-0.2, -0.15) is 4.31 Å². The fraction of sp³-hybridized carbons (Fsp3) is 0.526. The summed E-state index contributed by atoms with van der Waals surface area (Å²) in [7, 11) is -3.46. The minimum atomic E-state index is -3.46. The first-order valence-corrected chi connectivity index (χ1v) is 11.6. The summed E-state index contributed by atoms with van der Waals surface area (Å²) < 4.78 is 26.4. The predicted octanol–water partition coefficient (Wildman–Crippen LogP) is 3.44. The molecule has 0 atom stereocenters. The Labute approximate surface area is 171 Å². The first-order chi connectivity index (χ1) is 13.1. The molecule has 154 valence electrons. The summed E-state index contributed by atoms with van der Waals surface area (Å²) in [5.74, 6) is -0.142. The van der Waals surface area contributed by atoms with Crippen molar-refractivity contribution in [3.8, 4) is 0 Å². The van der Waals surface area contributed by atoms with Crippen LogP contribution in [0.4, 0.5) is 5.13 Å². The third-order valence-electron chi connectivity index (χ3n) is 4.22. The quantitative estimate of drug-likeness (QED) is 0.701. The average Bonchev–Trinajstić information content (AvgIpc) is 3.10. The van der Waals surface area contributed by atoms with Crippen molar-refractivity contribution in [2.45, 2.75) is 57.8 Å². The summed E-state index contributed by atoms with van der Waals surface area (Å²) in [5, 5.41) is 12.3. The van der Waals surface area contributed by atoms with E-state index < -0.39 is 10.0 Å². The maximum Gasteiger partial charge on any atom is 0.243 e. The van der Waals surface area contributed by atoms with Crippen molar-refractivity contribution in [2.24, 2.45) is 0 Å².